The van der Waals surface area contributed by atoms with Gasteiger partial charge in [-0.2, -0.15) is 0 Å². The number of rotatable bonds is 5. The van der Waals surface area contributed by atoms with Gasteiger partial charge in [0.15, 0.2) is 0 Å². The Morgan fingerprint density at radius 3 is 2.39 bits per heavy atom. The van der Waals surface area contributed by atoms with Crippen molar-refractivity contribution in [1.82, 2.24) is 0 Å². The molecule has 0 aliphatic rings. The van der Waals surface area contributed by atoms with Gasteiger partial charge in [-0.25, -0.2) is 0 Å². The standard InChI is InChI=1S/C15H16O2P/c1-17-15-10-6-5-7-13(15)11-12-18(16)14-8-3-2-4-9-14/h2-10H,11-12H2,1H3. The molecule has 0 spiro atoms. The van der Waals surface area contributed by atoms with Gasteiger partial charge in [-0.1, -0.05) is 36.4 Å². The van der Waals surface area contributed by atoms with Crippen LogP contribution < -0.4 is 10.0 Å². The molecular weight excluding hydrogens is 243 g/mol. The summed E-state index contributed by atoms with van der Waals surface area (Å²) in [6, 6.07) is 17.5. The second-order valence-corrected chi connectivity index (χ2v) is 5.72. The van der Waals surface area contributed by atoms with Crippen LogP contribution in [0.2, 0.25) is 0 Å². The minimum atomic E-state index is -1.32. The first-order chi connectivity index (χ1) is 8.81. The number of ether oxygens (including phenoxy) is 1. The van der Waals surface area contributed by atoms with Crippen molar-refractivity contribution < 1.29 is 9.30 Å². The molecule has 2 rings (SSSR count). The molecule has 18 heavy (non-hydrogen) atoms. The molecule has 0 aliphatic heterocycles. The van der Waals surface area contributed by atoms with Gasteiger partial charge < -0.3 is 4.74 Å². The van der Waals surface area contributed by atoms with Crippen LogP contribution in [0.15, 0.2) is 54.6 Å². The van der Waals surface area contributed by atoms with E-state index >= 15 is 0 Å². The quantitative estimate of drug-likeness (QED) is 0.769. The van der Waals surface area contributed by atoms with E-state index in [-0.39, 0.29) is 0 Å². The molecule has 2 aromatic rings. The summed E-state index contributed by atoms with van der Waals surface area (Å²) >= 11 is 0. The second-order valence-electron chi connectivity index (χ2n) is 4.00. The number of hydrogen-bond acceptors (Lipinski definition) is 2. The second kappa shape index (κ2) is 6.32. The lowest BCUT2D eigenvalue weighted by Crippen LogP contribution is -2.00. The Labute approximate surface area is 108 Å². The maximum absolute atomic E-state index is 12.1. The molecule has 2 aromatic carbocycles. The Morgan fingerprint density at radius 1 is 1.00 bits per heavy atom. The lowest BCUT2D eigenvalue weighted by Gasteiger charge is -2.07. The van der Waals surface area contributed by atoms with E-state index in [4.69, 9.17) is 4.74 Å². The van der Waals surface area contributed by atoms with Crippen LogP contribution in [0, 0.1) is 0 Å². The Morgan fingerprint density at radius 2 is 1.67 bits per heavy atom. The van der Waals surface area contributed by atoms with Crippen LogP contribution >= 0.6 is 7.80 Å². The number of benzene rings is 2. The average molecular weight is 259 g/mol. The summed E-state index contributed by atoms with van der Waals surface area (Å²) in [7, 11) is 0.340. The number of hydrogen-bond donors (Lipinski definition) is 0. The third kappa shape index (κ3) is 3.18. The molecule has 0 N–H and O–H groups in total. The Bertz CT molecular complexity index is 523. The monoisotopic (exact) mass is 259 g/mol. The molecule has 1 radical (unpaired) electrons. The van der Waals surface area contributed by atoms with Gasteiger partial charge in [-0.15, -0.1) is 0 Å². The highest BCUT2D eigenvalue weighted by molar-refractivity contribution is 7.53. The van der Waals surface area contributed by atoms with Crippen LogP contribution in [0.4, 0.5) is 0 Å². The van der Waals surface area contributed by atoms with Crippen molar-refractivity contribution in [2.75, 3.05) is 13.3 Å². The molecule has 0 aromatic heterocycles. The maximum atomic E-state index is 12.1. The first kappa shape index (κ1) is 12.8. The molecule has 0 amide bonds. The third-order valence-electron chi connectivity index (χ3n) is 2.82. The summed E-state index contributed by atoms with van der Waals surface area (Å²) < 4.78 is 17.4. The van der Waals surface area contributed by atoms with E-state index in [1.54, 1.807) is 7.11 Å². The molecule has 0 heterocycles. The molecule has 3 heteroatoms. The van der Waals surface area contributed by atoms with Gasteiger partial charge >= 0.3 is 0 Å². The SMILES string of the molecule is COc1ccccc1CC[P](=O)c1ccccc1. The Kier molecular flexibility index (Phi) is 4.49. The van der Waals surface area contributed by atoms with Crippen LogP contribution in [-0.4, -0.2) is 13.3 Å². The van der Waals surface area contributed by atoms with Gasteiger partial charge in [-0.3, -0.25) is 4.57 Å². The van der Waals surface area contributed by atoms with Crippen LogP contribution in [0.1, 0.15) is 5.56 Å². The zero-order valence-electron chi connectivity index (χ0n) is 10.4. The van der Waals surface area contributed by atoms with Crippen molar-refractivity contribution in [3.8, 4) is 5.75 Å². The van der Waals surface area contributed by atoms with Crippen LogP contribution in [0.3, 0.4) is 0 Å². The number of aryl methyl sites for hydroxylation is 1. The number of methoxy groups -OCH3 is 1. The number of para-hydroxylation sites is 1. The van der Waals surface area contributed by atoms with Crippen LogP contribution in [0.5, 0.6) is 5.75 Å². The minimum Gasteiger partial charge on any atom is -0.496 e. The summed E-state index contributed by atoms with van der Waals surface area (Å²) in [6.07, 6.45) is 1.42. The molecule has 93 valence electrons. The fraction of sp³-hybridized carbons (Fsp3) is 0.200. The van der Waals surface area contributed by atoms with Crippen molar-refractivity contribution >= 4 is 13.1 Å². The highest BCUT2D eigenvalue weighted by atomic mass is 31.1. The zero-order valence-corrected chi connectivity index (χ0v) is 11.3. The molecule has 0 saturated heterocycles. The van der Waals surface area contributed by atoms with E-state index in [0.29, 0.717) is 6.16 Å². The zero-order chi connectivity index (χ0) is 12.8. The largest absolute Gasteiger partial charge is 0.496 e. The summed E-state index contributed by atoms with van der Waals surface area (Å²) in [5.41, 5.74) is 1.11. The summed E-state index contributed by atoms with van der Waals surface area (Å²) in [5.74, 6) is 0.869. The fourth-order valence-corrected chi connectivity index (χ4v) is 3.06. The molecule has 0 bridgehead atoms. The molecular formula is C15H16O2P. The van der Waals surface area contributed by atoms with E-state index in [9.17, 15) is 4.57 Å². The van der Waals surface area contributed by atoms with Gasteiger partial charge in [0.2, 0.25) is 0 Å². The van der Waals surface area contributed by atoms with Crippen molar-refractivity contribution in [1.29, 1.82) is 0 Å². The summed E-state index contributed by atoms with van der Waals surface area (Å²) in [4.78, 5) is 0. The molecule has 0 aliphatic carbocycles. The van der Waals surface area contributed by atoms with E-state index < -0.39 is 7.80 Å². The van der Waals surface area contributed by atoms with E-state index in [1.807, 2.05) is 54.6 Å². The highest BCUT2D eigenvalue weighted by Crippen LogP contribution is 2.25. The molecule has 0 saturated carbocycles. The third-order valence-corrected chi connectivity index (χ3v) is 4.32. The Hall–Kier alpha value is -1.66. The van der Waals surface area contributed by atoms with Crippen LogP contribution in [-0.2, 0) is 11.0 Å². The summed E-state index contributed by atoms with van der Waals surface area (Å²) in [6.45, 7) is 0. The smallest absolute Gasteiger partial charge is 0.122 e. The molecule has 1 atom stereocenters. The predicted octanol–water partition coefficient (Wildman–Crippen LogP) is 3.39. The van der Waals surface area contributed by atoms with Gasteiger partial charge in [0.1, 0.15) is 13.6 Å². The van der Waals surface area contributed by atoms with Crippen molar-refractivity contribution in [2.45, 2.75) is 6.42 Å². The highest BCUT2D eigenvalue weighted by Gasteiger charge is 2.07. The van der Waals surface area contributed by atoms with E-state index in [0.717, 1.165) is 23.0 Å². The lowest BCUT2D eigenvalue weighted by molar-refractivity contribution is 0.410. The normalized spacial score (nSPS) is 11.1. The van der Waals surface area contributed by atoms with Crippen molar-refractivity contribution in [3.05, 3.63) is 60.2 Å². The van der Waals surface area contributed by atoms with E-state index in [2.05, 4.69) is 0 Å². The molecule has 0 fully saturated rings. The first-order valence-corrected chi connectivity index (χ1v) is 7.37. The van der Waals surface area contributed by atoms with E-state index in [1.165, 1.54) is 0 Å². The van der Waals surface area contributed by atoms with Crippen molar-refractivity contribution in [2.24, 2.45) is 0 Å². The van der Waals surface area contributed by atoms with Gasteiger partial charge in [0.25, 0.3) is 0 Å². The van der Waals surface area contributed by atoms with Crippen LogP contribution in [0.25, 0.3) is 0 Å². The van der Waals surface area contributed by atoms with Crippen molar-refractivity contribution in [3.63, 3.8) is 0 Å². The van der Waals surface area contributed by atoms with Gasteiger partial charge in [-0.05, 0) is 30.2 Å². The predicted molar refractivity (Wildman–Crippen MR) is 75.2 cm³/mol. The topological polar surface area (TPSA) is 26.3 Å². The molecule has 2 nitrogen and oxygen atoms in total. The van der Waals surface area contributed by atoms with Gasteiger partial charge in [0.05, 0.1) is 7.11 Å². The maximum Gasteiger partial charge on any atom is 0.122 e. The first-order valence-electron chi connectivity index (χ1n) is 5.93. The molecule has 1 unspecified atom stereocenters. The average Bonchev–Trinajstić information content (AvgIpc) is 2.46. The van der Waals surface area contributed by atoms with Gasteiger partial charge in [0, 0.05) is 11.5 Å². The minimum absolute atomic E-state index is 0.652. The summed E-state index contributed by atoms with van der Waals surface area (Å²) in [5, 5.41) is 0.919. The lowest BCUT2D eigenvalue weighted by atomic mass is 10.1. The fourth-order valence-electron chi connectivity index (χ4n) is 1.85. The Balaban J connectivity index is 2.02.